The van der Waals surface area contributed by atoms with E-state index >= 15 is 0 Å². The number of para-hydroxylation sites is 1. The number of nitrogens with one attached hydrogen (secondary N) is 1. The summed E-state index contributed by atoms with van der Waals surface area (Å²) in [5.41, 5.74) is 4.10. The zero-order valence-corrected chi connectivity index (χ0v) is 12.8. The van der Waals surface area contributed by atoms with Crippen LogP contribution in [0.1, 0.15) is 11.1 Å². The summed E-state index contributed by atoms with van der Waals surface area (Å²) in [6.07, 6.45) is 0. The van der Waals surface area contributed by atoms with Crippen LogP contribution >= 0.6 is 0 Å². The topological polar surface area (TPSA) is 60.2 Å². The van der Waals surface area contributed by atoms with Crippen molar-refractivity contribution in [2.24, 2.45) is 0 Å². The maximum absolute atomic E-state index is 5.68. The first-order valence-corrected chi connectivity index (χ1v) is 6.98. The minimum atomic E-state index is 0.378. The van der Waals surface area contributed by atoms with Crippen molar-refractivity contribution >= 4 is 11.7 Å². The molecule has 5 heteroatoms. The number of aromatic nitrogens is 2. The molecule has 1 heterocycles. The molecule has 0 spiro atoms. The molecule has 0 amide bonds. The van der Waals surface area contributed by atoms with E-state index in [1.807, 2.05) is 56.3 Å². The SMILES string of the molecule is COc1ccc(-c2nnc(Nc3c(C)cccc3C)o2)cc1. The molecule has 0 unspecified atom stereocenters. The predicted molar refractivity (Wildman–Crippen MR) is 85.5 cm³/mol. The first-order valence-electron chi connectivity index (χ1n) is 6.98. The van der Waals surface area contributed by atoms with Crippen LogP contribution < -0.4 is 10.1 Å². The van der Waals surface area contributed by atoms with Gasteiger partial charge in [0.05, 0.1) is 7.11 Å². The third kappa shape index (κ3) is 2.79. The summed E-state index contributed by atoms with van der Waals surface area (Å²) in [4.78, 5) is 0. The van der Waals surface area contributed by atoms with E-state index in [-0.39, 0.29) is 0 Å². The van der Waals surface area contributed by atoms with Gasteiger partial charge in [0.2, 0.25) is 5.89 Å². The lowest BCUT2D eigenvalue weighted by atomic mass is 10.1. The molecule has 0 aliphatic rings. The van der Waals surface area contributed by atoms with Gasteiger partial charge in [0, 0.05) is 11.3 Å². The average molecular weight is 295 g/mol. The lowest BCUT2D eigenvalue weighted by Crippen LogP contribution is -1.95. The molecule has 0 fully saturated rings. The molecule has 0 saturated heterocycles. The molecule has 0 atom stereocenters. The van der Waals surface area contributed by atoms with Crippen LogP contribution in [-0.4, -0.2) is 17.3 Å². The Bertz CT molecular complexity index is 759. The van der Waals surface area contributed by atoms with Crippen molar-refractivity contribution in [3.63, 3.8) is 0 Å². The summed E-state index contributed by atoms with van der Waals surface area (Å²) in [5, 5.41) is 11.3. The lowest BCUT2D eigenvalue weighted by Gasteiger charge is -2.08. The van der Waals surface area contributed by atoms with Crippen molar-refractivity contribution in [2.45, 2.75) is 13.8 Å². The van der Waals surface area contributed by atoms with Crippen LogP contribution in [0.5, 0.6) is 5.75 Å². The Kier molecular flexibility index (Phi) is 3.78. The van der Waals surface area contributed by atoms with Gasteiger partial charge in [-0.25, -0.2) is 0 Å². The minimum absolute atomic E-state index is 0.378. The zero-order valence-electron chi connectivity index (χ0n) is 12.8. The minimum Gasteiger partial charge on any atom is -0.497 e. The molecule has 0 aliphatic heterocycles. The van der Waals surface area contributed by atoms with Crippen LogP contribution in [0.2, 0.25) is 0 Å². The van der Waals surface area contributed by atoms with Crippen LogP contribution in [0, 0.1) is 13.8 Å². The summed E-state index contributed by atoms with van der Waals surface area (Å²) < 4.78 is 10.8. The van der Waals surface area contributed by atoms with Gasteiger partial charge < -0.3 is 14.5 Å². The van der Waals surface area contributed by atoms with E-state index < -0.39 is 0 Å². The van der Waals surface area contributed by atoms with Crippen molar-refractivity contribution in [1.29, 1.82) is 0 Å². The normalized spacial score (nSPS) is 10.5. The highest BCUT2D eigenvalue weighted by atomic mass is 16.5. The van der Waals surface area contributed by atoms with Gasteiger partial charge in [0.15, 0.2) is 0 Å². The fourth-order valence-electron chi connectivity index (χ4n) is 2.24. The number of benzene rings is 2. The summed E-state index contributed by atoms with van der Waals surface area (Å²) >= 11 is 0. The van der Waals surface area contributed by atoms with E-state index in [0.717, 1.165) is 28.1 Å². The van der Waals surface area contributed by atoms with E-state index in [2.05, 4.69) is 15.5 Å². The van der Waals surface area contributed by atoms with Gasteiger partial charge in [-0.15, -0.1) is 5.10 Å². The monoisotopic (exact) mass is 295 g/mol. The van der Waals surface area contributed by atoms with Gasteiger partial charge in [-0.1, -0.05) is 23.3 Å². The lowest BCUT2D eigenvalue weighted by molar-refractivity contribution is 0.415. The molecule has 5 nitrogen and oxygen atoms in total. The highest BCUT2D eigenvalue weighted by Gasteiger charge is 2.10. The molecule has 3 aromatic rings. The third-order valence-corrected chi connectivity index (χ3v) is 3.48. The molecule has 0 aliphatic carbocycles. The zero-order chi connectivity index (χ0) is 15.5. The van der Waals surface area contributed by atoms with Crippen LogP contribution in [0.15, 0.2) is 46.9 Å². The number of hydrogen-bond donors (Lipinski definition) is 1. The van der Waals surface area contributed by atoms with Gasteiger partial charge in [0.1, 0.15) is 5.75 Å². The van der Waals surface area contributed by atoms with Crippen molar-refractivity contribution < 1.29 is 9.15 Å². The molecule has 0 saturated carbocycles. The fraction of sp³-hybridized carbons (Fsp3) is 0.176. The molecule has 2 aromatic carbocycles. The molecule has 0 radical (unpaired) electrons. The molecule has 3 rings (SSSR count). The summed E-state index contributed by atoms with van der Waals surface area (Å²) in [7, 11) is 1.63. The van der Waals surface area contributed by atoms with Crippen molar-refractivity contribution in [3.8, 4) is 17.2 Å². The Morgan fingerprint density at radius 2 is 1.64 bits per heavy atom. The second kappa shape index (κ2) is 5.89. The van der Waals surface area contributed by atoms with Crippen LogP contribution in [-0.2, 0) is 0 Å². The number of ether oxygens (including phenoxy) is 1. The molecule has 1 aromatic heterocycles. The van der Waals surface area contributed by atoms with E-state index in [1.165, 1.54) is 0 Å². The van der Waals surface area contributed by atoms with E-state index in [1.54, 1.807) is 7.11 Å². The average Bonchev–Trinajstić information content (AvgIpc) is 3.00. The van der Waals surface area contributed by atoms with Crippen LogP contribution in [0.3, 0.4) is 0 Å². The van der Waals surface area contributed by atoms with Gasteiger partial charge in [-0.05, 0) is 49.2 Å². The van der Waals surface area contributed by atoms with Gasteiger partial charge in [-0.3, -0.25) is 0 Å². The fourth-order valence-corrected chi connectivity index (χ4v) is 2.24. The van der Waals surface area contributed by atoms with Crippen LogP contribution in [0.25, 0.3) is 11.5 Å². The Morgan fingerprint density at radius 3 is 2.27 bits per heavy atom. The summed E-state index contributed by atoms with van der Waals surface area (Å²) in [6, 6.07) is 14.0. The smallest absolute Gasteiger partial charge is 0.320 e. The van der Waals surface area contributed by atoms with Gasteiger partial charge in [0.25, 0.3) is 0 Å². The number of nitrogens with zero attached hydrogens (tertiary/aromatic N) is 2. The first kappa shape index (κ1) is 14.1. The second-order valence-electron chi connectivity index (χ2n) is 5.03. The molecule has 1 N–H and O–H groups in total. The van der Waals surface area contributed by atoms with E-state index in [9.17, 15) is 0 Å². The highest BCUT2D eigenvalue weighted by Crippen LogP contribution is 2.26. The number of methoxy groups -OCH3 is 1. The maximum atomic E-state index is 5.68. The summed E-state index contributed by atoms with van der Waals surface area (Å²) in [5.74, 6) is 1.26. The first-order chi connectivity index (χ1) is 10.7. The molecule has 22 heavy (non-hydrogen) atoms. The molecule has 112 valence electrons. The van der Waals surface area contributed by atoms with Crippen molar-refractivity contribution in [3.05, 3.63) is 53.6 Å². The Labute approximate surface area is 129 Å². The highest BCUT2D eigenvalue weighted by molar-refractivity contribution is 5.63. The van der Waals surface area contributed by atoms with Gasteiger partial charge >= 0.3 is 6.01 Å². The molecule has 0 bridgehead atoms. The number of anilines is 2. The number of rotatable bonds is 4. The largest absolute Gasteiger partial charge is 0.497 e. The van der Waals surface area contributed by atoms with Crippen molar-refractivity contribution in [1.82, 2.24) is 10.2 Å². The number of hydrogen-bond acceptors (Lipinski definition) is 5. The van der Waals surface area contributed by atoms with Crippen LogP contribution in [0.4, 0.5) is 11.7 Å². The number of aryl methyl sites for hydroxylation is 2. The third-order valence-electron chi connectivity index (χ3n) is 3.48. The second-order valence-corrected chi connectivity index (χ2v) is 5.03. The quantitative estimate of drug-likeness (QED) is 0.785. The van der Waals surface area contributed by atoms with E-state index in [0.29, 0.717) is 11.9 Å². The van der Waals surface area contributed by atoms with E-state index in [4.69, 9.17) is 9.15 Å². The van der Waals surface area contributed by atoms with Crippen molar-refractivity contribution in [2.75, 3.05) is 12.4 Å². The Hall–Kier alpha value is -2.82. The standard InChI is InChI=1S/C17H17N3O2/c1-11-5-4-6-12(2)15(11)18-17-20-19-16(22-17)13-7-9-14(21-3)10-8-13/h4-10H,1-3H3,(H,18,20). The Balaban J connectivity index is 1.84. The Morgan fingerprint density at radius 1 is 0.955 bits per heavy atom. The molecular weight excluding hydrogens is 278 g/mol. The summed E-state index contributed by atoms with van der Waals surface area (Å²) in [6.45, 7) is 4.08. The van der Waals surface area contributed by atoms with Gasteiger partial charge in [-0.2, -0.15) is 0 Å². The molecular formula is C17H17N3O2. The maximum Gasteiger partial charge on any atom is 0.320 e. The predicted octanol–water partition coefficient (Wildman–Crippen LogP) is 4.11.